The zero-order chi connectivity index (χ0) is 18.5. The van der Waals surface area contributed by atoms with Crippen LogP contribution in [-0.4, -0.2) is 42.7 Å². The van der Waals surface area contributed by atoms with Crippen LogP contribution < -0.4 is 9.64 Å². The van der Waals surface area contributed by atoms with Gasteiger partial charge in [-0.25, -0.2) is 4.90 Å². The standard InChI is InChI=1S/C19H19NO6/c1-3-24-13-6-4-12(5-7-13)20-17(22)15-14-8-9-19(26-14,10-25-11(2)21)16(15)18(20)23/h4-9,14-16H,3,10H2,1-2H3/t14-,15-,16+,19+/m1/s1. The molecule has 0 aliphatic carbocycles. The minimum absolute atomic E-state index is 0.0767. The molecule has 136 valence electrons. The highest BCUT2D eigenvalue weighted by Gasteiger charge is 2.68. The summed E-state index contributed by atoms with van der Waals surface area (Å²) in [6, 6.07) is 6.84. The van der Waals surface area contributed by atoms with Crippen LogP contribution in [0.5, 0.6) is 5.75 Å². The zero-order valence-corrected chi connectivity index (χ0v) is 14.5. The first-order valence-corrected chi connectivity index (χ1v) is 8.58. The molecule has 2 bridgehead atoms. The highest BCUT2D eigenvalue weighted by atomic mass is 16.6. The van der Waals surface area contributed by atoms with Crippen molar-refractivity contribution in [1.29, 1.82) is 0 Å². The van der Waals surface area contributed by atoms with E-state index in [1.807, 2.05) is 6.92 Å². The molecule has 0 radical (unpaired) electrons. The van der Waals surface area contributed by atoms with E-state index in [1.165, 1.54) is 11.8 Å². The van der Waals surface area contributed by atoms with Gasteiger partial charge in [-0.3, -0.25) is 14.4 Å². The van der Waals surface area contributed by atoms with Crippen LogP contribution in [0.4, 0.5) is 5.69 Å². The van der Waals surface area contributed by atoms with Crippen molar-refractivity contribution in [1.82, 2.24) is 0 Å². The maximum Gasteiger partial charge on any atom is 0.302 e. The molecule has 7 heteroatoms. The number of hydrogen-bond acceptors (Lipinski definition) is 6. The molecule has 7 nitrogen and oxygen atoms in total. The lowest BCUT2D eigenvalue weighted by Crippen LogP contribution is -2.44. The Bertz CT molecular complexity index is 801. The van der Waals surface area contributed by atoms with Gasteiger partial charge in [0.15, 0.2) is 0 Å². The molecule has 0 N–H and O–H groups in total. The lowest BCUT2D eigenvalue weighted by Gasteiger charge is -2.28. The number of rotatable bonds is 5. The maximum atomic E-state index is 13.1. The third-order valence-electron chi connectivity index (χ3n) is 5.06. The highest BCUT2D eigenvalue weighted by molar-refractivity contribution is 6.23. The van der Waals surface area contributed by atoms with Gasteiger partial charge in [0.1, 0.15) is 18.0 Å². The summed E-state index contributed by atoms with van der Waals surface area (Å²) in [4.78, 5) is 38.4. The van der Waals surface area contributed by atoms with Crippen LogP contribution in [0.25, 0.3) is 0 Å². The molecule has 1 aromatic carbocycles. The van der Waals surface area contributed by atoms with Crippen molar-refractivity contribution in [2.24, 2.45) is 11.8 Å². The Kier molecular flexibility index (Phi) is 3.84. The van der Waals surface area contributed by atoms with E-state index in [4.69, 9.17) is 14.2 Å². The van der Waals surface area contributed by atoms with Crippen molar-refractivity contribution in [3.63, 3.8) is 0 Å². The first-order valence-electron chi connectivity index (χ1n) is 8.58. The number of fused-ring (bicyclic) bond motifs is 5. The van der Waals surface area contributed by atoms with Crippen LogP contribution in [0.2, 0.25) is 0 Å². The summed E-state index contributed by atoms with van der Waals surface area (Å²) in [6.45, 7) is 3.64. The number of anilines is 1. The molecule has 26 heavy (non-hydrogen) atoms. The Morgan fingerprint density at radius 1 is 1.23 bits per heavy atom. The average Bonchev–Trinajstić information content (AvgIpc) is 3.25. The van der Waals surface area contributed by atoms with Gasteiger partial charge >= 0.3 is 5.97 Å². The summed E-state index contributed by atoms with van der Waals surface area (Å²) >= 11 is 0. The van der Waals surface area contributed by atoms with E-state index in [2.05, 4.69) is 0 Å². The minimum Gasteiger partial charge on any atom is -0.494 e. The quantitative estimate of drug-likeness (QED) is 0.451. The summed E-state index contributed by atoms with van der Waals surface area (Å²) in [5, 5.41) is 0. The highest BCUT2D eigenvalue weighted by Crippen LogP contribution is 2.52. The second-order valence-corrected chi connectivity index (χ2v) is 6.62. The van der Waals surface area contributed by atoms with Crippen LogP contribution in [-0.2, 0) is 23.9 Å². The fraction of sp³-hybridized carbons (Fsp3) is 0.421. The van der Waals surface area contributed by atoms with Crippen molar-refractivity contribution in [3.8, 4) is 5.75 Å². The van der Waals surface area contributed by atoms with E-state index in [9.17, 15) is 14.4 Å². The van der Waals surface area contributed by atoms with Crippen molar-refractivity contribution in [2.75, 3.05) is 18.1 Å². The number of nitrogens with zero attached hydrogens (tertiary/aromatic N) is 1. The summed E-state index contributed by atoms with van der Waals surface area (Å²) < 4.78 is 16.4. The number of carbonyl (C=O) groups excluding carboxylic acids is 3. The SMILES string of the molecule is CCOc1ccc(N2C(=O)[C@H]3[C@@H](C2=O)[C@@]2(COC(C)=O)C=C[C@H]3O2)cc1. The van der Waals surface area contributed by atoms with E-state index in [-0.39, 0.29) is 18.4 Å². The van der Waals surface area contributed by atoms with Gasteiger partial charge in [0.05, 0.1) is 30.2 Å². The molecular formula is C19H19NO6. The normalized spacial score (nSPS) is 31.5. The Morgan fingerprint density at radius 3 is 2.62 bits per heavy atom. The van der Waals surface area contributed by atoms with Crippen molar-refractivity contribution in [3.05, 3.63) is 36.4 Å². The third-order valence-corrected chi connectivity index (χ3v) is 5.06. The molecule has 3 heterocycles. The molecule has 2 fully saturated rings. The number of esters is 1. The minimum atomic E-state index is -1.06. The van der Waals surface area contributed by atoms with Gasteiger partial charge in [0.25, 0.3) is 0 Å². The first-order chi connectivity index (χ1) is 12.5. The lowest BCUT2D eigenvalue weighted by molar-refractivity contribution is -0.150. The maximum absolute atomic E-state index is 13.1. The summed E-state index contributed by atoms with van der Waals surface area (Å²) in [6.07, 6.45) is 3.05. The number of hydrogen-bond donors (Lipinski definition) is 0. The molecule has 4 atom stereocenters. The van der Waals surface area contributed by atoms with Gasteiger partial charge in [-0.1, -0.05) is 6.08 Å². The van der Waals surface area contributed by atoms with Gasteiger partial charge in [0.2, 0.25) is 11.8 Å². The van der Waals surface area contributed by atoms with Gasteiger partial charge < -0.3 is 14.2 Å². The molecule has 3 aliphatic heterocycles. The number of ether oxygens (including phenoxy) is 3. The topological polar surface area (TPSA) is 82.1 Å². The lowest BCUT2D eigenvalue weighted by atomic mass is 9.77. The van der Waals surface area contributed by atoms with Gasteiger partial charge in [-0.05, 0) is 37.3 Å². The Balaban J connectivity index is 1.63. The predicted octanol–water partition coefficient (Wildman–Crippen LogP) is 1.46. The molecule has 4 rings (SSSR count). The Morgan fingerprint density at radius 2 is 1.96 bits per heavy atom. The molecule has 2 saturated heterocycles. The summed E-state index contributed by atoms with van der Waals surface area (Å²) in [5.74, 6) is -1.67. The van der Waals surface area contributed by atoms with Crippen LogP contribution >= 0.6 is 0 Å². The van der Waals surface area contributed by atoms with Crippen LogP contribution in [0.3, 0.4) is 0 Å². The molecular weight excluding hydrogens is 338 g/mol. The molecule has 1 aromatic rings. The smallest absolute Gasteiger partial charge is 0.302 e. The predicted molar refractivity (Wildman–Crippen MR) is 90.5 cm³/mol. The number of benzene rings is 1. The summed E-state index contributed by atoms with van der Waals surface area (Å²) in [7, 11) is 0. The first kappa shape index (κ1) is 16.8. The van der Waals surface area contributed by atoms with Crippen LogP contribution in [0.1, 0.15) is 13.8 Å². The Hall–Kier alpha value is -2.67. The zero-order valence-electron chi connectivity index (χ0n) is 14.5. The molecule has 2 amide bonds. The van der Waals surface area contributed by atoms with Gasteiger partial charge in [-0.2, -0.15) is 0 Å². The van der Waals surface area contributed by atoms with E-state index >= 15 is 0 Å². The fourth-order valence-electron chi connectivity index (χ4n) is 3.99. The van der Waals surface area contributed by atoms with E-state index in [1.54, 1.807) is 36.4 Å². The second-order valence-electron chi connectivity index (χ2n) is 6.62. The fourth-order valence-corrected chi connectivity index (χ4v) is 3.99. The number of imide groups is 1. The van der Waals surface area contributed by atoms with Gasteiger partial charge in [-0.15, -0.1) is 0 Å². The van der Waals surface area contributed by atoms with E-state index in [0.29, 0.717) is 18.0 Å². The molecule has 0 spiro atoms. The third kappa shape index (κ3) is 2.34. The molecule has 0 aromatic heterocycles. The largest absolute Gasteiger partial charge is 0.494 e. The second kappa shape index (κ2) is 5.95. The molecule has 0 unspecified atom stereocenters. The monoisotopic (exact) mass is 357 g/mol. The average molecular weight is 357 g/mol. The van der Waals surface area contributed by atoms with E-state index in [0.717, 1.165) is 0 Å². The Labute approximate surface area is 150 Å². The van der Waals surface area contributed by atoms with E-state index < -0.39 is 29.5 Å². The van der Waals surface area contributed by atoms with Crippen molar-refractivity contribution in [2.45, 2.75) is 25.6 Å². The molecule has 3 aliphatic rings. The summed E-state index contributed by atoms with van der Waals surface area (Å²) in [5.41, 5.74) is -0.562. The van der Waals surface area contributed by atoms with Crippen molar-refractivity contribution < 1.29 is 28.6 Å². The number of carbonyl (C=O) groups is 3. The molecule has 0 saturated carbocycles. The van der Waals surface area contributed by atoms with Crippen LogP contribution in [0.15, 0.2) is 36.4 Å². The van der Waals surface area contributed by atoms with Gasteiger partial charge in [0, 0.05) is 6.92 Å². The van der Waals surface area contributed by atoms with Crippen molar-refractivity contribution >= 4 is 23.5 Å². The number of amides is 2. The van der Waals surface area contributed by atoms with Crippen LogP contribution in [0, 0.1) is 11.8 Å².